The van der Waals surface area contributed by atoms with Crippen LogP contribution in [-0.2, 0) is 26.2 Å². The molecule has 0 atom stereocenters. The Morgan fingerprint density at radius 2 is 1.63 bits per heavy atom. The maximum absolute atomic E-state index is 4.36. The van der Waals surface area contributed by atoms with E-state index in [0.717, 1.165) is 26.2 Å². The molecule has 0 saturated heterocycles. The molecule has 5 heteroatoms. The van der Waals surface area contributed by atoms with E-state index in [2.05, 4.69) is 48.7 Å². The lowest BCUT2D eigenvalue weighted by Crippen LogP contribution is -2.12. The minimum Gasteiger partial charge on any atom is -0.308 e. The Balaban J connectivity index is 1.77. The molecule has 0 aliphatic rings. The highest BCUT2D eigenvalue weighted by atomic mass is 15.3. The molecule has 2 rings (SSSR count). The smallest absolute Gasteiger partial charge is 0.0534 e. The predicted octanol–water partition coefficient (Wildman–Crippen LogP) is 2.05. The molecule has 2 aromatic heterocycles. The largest absolute Gasteiger partial charge is 0.308 e. The fraction of sp³-hybridized carbons (Fsp3) is 0.571. The Labute approximate surface area is 114 Å². The van der Waals surface area contributed by atoms with Crippen molar-refractivity contribution in [1.82, 2.24) is 24.9 Å². The Bertz CT molecular complexity index is 497. The number of aromatic nitrogens is 4. The summed E-state index contributed by atoms with van der Waals surface area (Å²) < 4.78 is 3.95. The zero-order chi connectivity index (χ0) is 13.7. The Kier molecular flexibility index (Phi) is 4.74. The van der Waals surface area contributed by atoms with E-state index in [0.29, 0.717) is 5.92 Å². The van der Waals surface area contributed by atoms with Crippen LogP contribution < -0.4 is 5.32 Å². The van der Waals surface area contributed by atoms with Gasteiger partial charge in [-0.2, -0.15) is 10.2 Å². The van der Waals surface area contributed by atoms with E-state index in [1.54, 1.807) is 0 Å². The first-order valence-corrected chi connectivity index (χ1v) is 6.90. The van der Waals surface area contributed by atoms with Crippen LogP contribution in [0, 0.1) is 5.92 Å². The van der Waals surface area contributed by atoms with Crippen molar-refractivity contribution in [1.29, 1.82) is 0 Å². The summed E-state index contributed by atoms with van der Waals surface area (Å²) in [5.41, 5.74) is 2.44. The molecule has 0 aliphatic heterocycles. The molecule has 0 saturated carbocycles. The molecule has 0 aromatic carbocycles. The summed E-state index contributed by atoms with van der Waals surface area (Å²) in [6, 6.07) is 0. The third-order valence-electron chi connectivity index (χ3n) is 2.91. The minimum absolute atomic E-state index is 0.626. The molecule has 0 fully saturated rings. The van der Waals surface area contributed by atoms with Crippen LogP contribution in [0.15, 0.2) is 24.8 Å². The van der Waals surface area contributed by atoms with Crippen LogP contribution in [0.5, 0.6) is 0 Å². The minimum atomic E-state index is 0.626. The van der Waals surface area contributed by atoms with Crippen LogP contribution >= 0.6 is 0 Å². The third kappa shape index (κ3) is 4.21. The molecule has 0 aliphatic carbocycles. The molecule has 1 N–H and O–H groups in total. The SMILES string of the molecule is CCn1cc(CNCc2cnn(CC(C)C)c2)cn1. The highest BCUT2D eigenvalue weighted by Crippen LogP contribution is 2.03. The standard InChI is InChI=1S/C14H23N5/c1-4-18-10-13(7-16-18)5-15-6-14-8-17-19(11-14)9-12(2)3/h7-8,10-12,15H,4-6,9H2,1-3H3. The summed E-state index contributed by atoms with van der Waals surface area (Å²) in [6.07, 6.45) is 8.04. The van der Waals surface area contributed by atoms with Crippen molar-refractivity contribution in [2.24, 2.45) is 5.92 Å². The van der Waals surface area contributed by atoms with Crippen LogP contribution in [0.25, 0.3) is 0 Å². The Morgan fingerprint density at radius 3 is 2.16 bits per heavy atom. The zero-order valence-electron chi connectivity index (χ0n) is 12.0. The van der Waals surface area contributed by atoms with Crippen LogP contribution in [0.1, 0.15) is 31.9 Å². The maximum Gasteiger partial charge on any atom is 0.0534 e. The predicted molar refractivity (Wildman–Crippen MR) is 75.5 cm³/mol. The van der Waals surface area contributed by atoms with Gasteiger partial charge in [-0.05, 0) is 12.8 Å². The number of hydrogen-bond acceptors (Lipinski definition) is 3. The van der Waals surface area contributed by atoms with E-state index in [9.17, 15) is 0 Å². The van der Waals surface area contributed by atoms with Crippen LogP contribution in [0.2, 0.25) is 0 Å². The first-order valence-electron chi connectivity index (χ1n) is 6.90. The molecule has 104 valence electrons. The molecule has 19 heavy (non-hydrogen) atoms. The molecule has 0 unspecified atom stereocenters. The molecule has 2 heterocycles. The number of rotatable bonds is 7. The van der Waals surface area contributed by atoms with Crippen LogP contribution in [-0.4, -0.2) is 19.6 Å². The van der Waals surface area contributed by atoms with Gasteiger partial charge in [-0.25, -0.2) is 0 Å². The van der Waals surface area contributed by atoms with Crippen molar-refractivity contribution in [3.8, 4) is 0 Å². The Hall–Kier alpha value is -1.62. The molecule has 0 bridgehead atoms. The summed E-state index contributed by atoms with van der Waals surface area (Å²) in [4.78, 5) is 0. The van der Waals surface area contributed by atoms with Gasteiger partial charge in [0.2, 0.25) is 0 Å². The van der Waals surface area contributed by atoms with E-state index in [1.165, 1.54) is 11.1 Å². The summed E-state index contributed by atoms with van der Waals surface area (Å²) >= 11 is 0. The molecule has 2 aromatic rings. The van der Waals surface area contributed by atoms with E-state index in [-0.39, 0.29) is 0 Å². The summed E-state index contributed by atoms with van der Waals surface area (Å²) in [5, 5.41) is 12.0. The average molecular weight is 261 g/mol. The lowest BCUT2D eigenvalue weighted by molar-refractivity contribution is 0.482. The summed E-state index contributed by atoms with van der Waals surface area (Å²) in [7, 11) is 0. The second-order valence-corrected chi connectivity index (χ2v) is 5.27. The topological polar surface area (TPSA) is 47.7 Å². The molecule has 0 amide bonds. The van der Waals surface area contributed by atoms with Crippen molar-refractivity contribution < 1.29 is 0 Å². The maximum atomic E-state index is 4.36. The lowest BCUT2D eigenvalue weighted by Gasteiger charge is -2.03. The van der Waals surface area contributed by atoms with Gasteiger partial charge in [0.05, 0.1) is 12.4 Å². The van der Waals surface area contributed by atoms with E-state index in [1.807, 2.05) is 21.8 Å². The highest BCUT2D eigenvalue weighted by Gasteiger charge is 2.01. The van der Waals surface area contributed by atoms with Gasteiger partial charge >= 0.3 is 0 Å². The van der Waals surface area contributed by atoms with E-state index < -0.39 is 0 Å². The van der Waals surface area contributed by atoms with Gasteiger partial charge in [-0.1, -0.05) is 13.8 Å². The first-order chi connectivity index (χ1) is 9.17. The first kappa shape index (κ1) is 13.8. The second-order valence-electron chi connectivity index (χ2n) is 5.27. The highest BCUT2D eigenvalue weighted by molar-refractivity contribution is 5.06. The van der Waals surface area contributed by atoms with Gasteiger partial charge in [-0.3, -0.25) is 9.36 Å². The summed E-state index contributed by atoms with van der Waals surface area (Å²) in [5.74, 6) is 0.626. The lowest BCUT2D eigenvalue weighted by atomic mass is 10.2. The molecule has 5 nitrogen and oxygen atoms in total. The fourth-order valence-corrected chi connectivity index (χ4v) is 1.99. The Morgan fingerprint density at radius 1 is 1.05 bits per heavy atom. The van der Waals surface area contributed by atoms with Gasteiger partial charge in [0.1, 0.15) is 0 Å². The molecular formula is C14H23N5. The van der Waals surface area contributed by atoms with E-state index in [4.69, 9.17) is 0 Å². The average Bonchev–Trinajstić information content (AvgIpc) is 2.98. The zero-order valence-corrected chi connectivity index (χ0v) is 12.0. The fourth-order valence-electron chi connectivity index (χ4n) is 1.99. The summed E-state index contributed by atoms with van der Waals surface area (Å²) in [6.45, 7) is 10.1. The van der Waals surface area contributed by atoms with E-state index >= 15 is 0 Å². The second kappa shape index (κ2) is 6.52. The van der Waals surface area contributed by atoms with Crippen molar-refractivity contribution >= 4 is 0 Å². The quantitative estimate of drug-likeness (QED) is 0.829. The molecular weight excluding hydrogens is 238 g/mol. The van der Waals surface area contributed by atoms with Gasteiger partial charge in [-0.15, -0.1) is 0 Å². The number of hydrogen-bond donors (Lipinski definition) is 1. The van der Waals surface area contributed by atoms with Crippen molar-refractivity contribution in [2.75, 3.05) is 0 Å². The van der Waals surface area contributed by atoms with Crippen LogP contribution in [0.4, 0.5) is 0 Å². The third-order valence-corrected chi connectivity index (χ3v) is 2.91. The number of nitrogens with one attached hydrogen (secondary N) is 1. The monoisotopic (exact) mass is 261 g/mol. The van der Waals surface area contributed by atoms with Crippen molar-refractivity contribution in [3.63, 3.8) is 0 Å². The molecule has 0 radical (unpaired) electrons. The number of aryl methyl sites for hydroxylation is 1. The van der Waals surface area contributed by atoms with Gasteiger partial charge in [0, 0.05) is 49.7 Å². The van der Waals surface area contributed by atoms with Gasteiger partial charge < -0.3 is 5.32 Å². The number of nitrogens with zero attached hydrogens (tertiary/aromatic N) is 4. The van der Waals surface area contributed by atoms with Gasteiger partial charge in [0.25, 0.3) is 0 Å². The van der Waals surface area contributed by atoms with Crippen molar-refractivity contribution in [2.45, 2.75) is 47.0 Å². The molecule has 0 spiro atoms. The van der Waals surface area contributed by atoms with Crippen molar-refractivity contribution in [3.05, 3.63) is 35.9 Å². The normalized spacial score (nSPS) is 11.4. The van der Waals surface area contributed by atoms with Gasteiger partial charge in [0.15, 0.2) is 0 Å². The van der Waals surface area contributed by atoms with Crippen LogP contribution in [0.3, 0.4) is 0 Å².